The number of nitrogens with one attached hydrogen (secondary N) is 1. The Morgan fingerprint density at radius 2 is 2.16 bits per heavy atom. The lowest BCUT2D eigenvalue weighted by Gasteiger charge is -2.27. The lowest BCUT2D eigenvalue weighted by Crippen LogP contribution is -2.28. The third kappa shape index (κ3) is 2.27. The Morgan fingerprint density at radius 3 is 2.89 bits per heavy atom. The number of fused-ring (bicyclic) bond motifs is 1. The van der Waals surface area contributed by atoms with Gasteiger partial charge in [-0.25, -0.2) is 9.36 Å². The van der Waals surface area contributed by atoms with Crippen molar-refractivity contribution in [3.05, 3.63) is 35.9 Å². The van der Waals surface area contributed by atoms with E-state index in [-0.39, 0.29) is 6.10 Å². The fraction of sp³-hybridized carbons (Fsp3) is 0.429. The van der Waals surface area contributed by atoms with Crippen molar-refractivity contribution in [2.45, 2.75) is 37.8 Å². The highest BCUT2D eigenvalue weighted by molar-refractivity contribution is 5.84. The molecule has 0 aromatic carbocycles. The molecule has 0 saturated heterocycles. The lowest BCUT2D eigenvalue weighted by atomic mass is 9.93. The van der Waals surface area contributed by atoms with Gasteiger partial charge < -0.3 is 10.4 Å². The first kappa shape index (κ1) is 12.0. The van der Waals surface area contributed by atoms with Crippen LogP contribution in [0.2, 0.25) is 0 Å². The van der Waals surface area contributed by atoms with Crippen LogP contribution in [0, 0.1) is 6.57 Å². The number of anilines is 1. The summed E-state index contributed by atoms with van der Waals surface area (Å²) in [5.41, 5.74) is 2.34. The normalized spacial score (nSPS) is 23.2. The fourth-order valence-corrected chi connectivity index (χ4v) is 2.64. The van der Waals surface area contributed by atoms with Gasteiger partial charge in [0.1, 0.15) is 0 Å². The second-order valence-corrected chi connectivity index (χ2v) is 5.00. The molecule has 0 atom stereocenters. The number of aliphatic hydroxyl groups excluding tert-OH is 1. The van der Waals surface area contributed by atoms with Crippen molar-refractivity contribution < 1.29 is 5.11 Å². The molecule has 1 fully saturated rings. The van der Waals surface area contributed by atoms with E-state index in [0.29, 0.717) is 11.7 Å². The van der Waals surface area contributed by atoms with E-state index in [9.17, 15) is 5.11 Å². The molecule has 5 nitrogen and oxygen atoms in total. The summed E-state index contributed by atoms with van der Waals surface area (Å²) in [7, 11) is 0. The van der Waals surface area contributed by atoms with Crippen LogP contribution >= 0.6 is 0 Å². The molecule has 0 amide bonds. The van der Waals surface area contributed by atoms with Gasteiger partial charge in [0.05, 0.1) is 30.1 Å². The summed E-state index contributed by atoms with van der Waals surface area (Å²) in [6.45, 7) is 7.26. The zero-order valence-electron chi connectivity index (χ0n) is 10.6. The van der Waals surface area contributed by atoms with E-state index in [1.807, 2.05) is 18.3 Å². The molecule has 5 heteroatoms. The van der Waals surface area contributed by atoms with Gasteiger partial charge in [0, 0.05) is 12.2 Å². The molecule has 2 aromatic heterocycles. The van der Waals surface area contributed by atoms with Crippen molar-refractivity contribution in [3.63, 3.8) is 0 Å². The van der Waals surface area contributed by atoms with Crippen LogP contribution in [0.4, 0.5) is 11.4 Å². The standard InChI is InChI=1S/C14H16N4O/c1-15-12-9-16-18-8-2-3-13(18)14(12)17-10-4-6-11(19)7-5-10/h2-3,8-11,17,19H,4-7H2. The predicted octanol–water partition coefficient (Wildman–Crippen LogP) is 2.60. The Bertz CT molecular complexity index is 620. The highest BCUT2D eigenvalue weighted by atomic mass is 16.3. The third-order valence-electron chi connectivity index (χ3n) is 3.71. The molecule has 1 aliphatic carbocycles. The number of hydrogen-bond acceptors (Lipinski definition) is 3. The fourth-order valence-electron chi connectivity index (χ4n) is 2.64. The van der Waals surface area contributed by atoms with Crippen molar-refractivity contribution in [2.75, 3.05) is 5.32 Å². The topological polar surface area (TPSA) is 53.9 Å². The molecule has 1 aliphatic rings. The number of aromatic nitrogens is 2. The van der Waals surface area contributed by atoms with Gasteiger partial charge in [0.2, 0.25) is 5.69 Å². The molecule has 2 aromatic rings. The maximum absolute atomic E-state index is 9.54. The van der Waals surface area contributed by atoms with E-state index >= 15 is 0 Å². The first-order valence-electron chi connectivity index (χ1n) is 6.56. The van der Waals surface area contributed by atoms with Crippen LogP contribution in [0.1, 0.15) is 25.7 Å². The molecular weight excluding hydrogens is 240 g/mol. The summed E-state index contributed by atoms with van der Waals surface area (Å²) in [6.07, 6.45) is 6.84. The van der Waals surface area contributed by atoms with Crippen molar-refractivity contribution >= 4 is 16.9 Å². The van der Waals surface area contributed by atoms with Gasteiger partial charge in [-0.15, -0.1) is 0 Å². The van der Waals surface area contributed by atoms with Gasteiger partial charge in [0.15, 0.2) is 0 Å². The Kier molecular flexibility index (Phi) is 3.10. The van der Waals surface area contributed by atoms with Crippen molar-refractivity contribution in [3.8, 4) is 0 Å². The molecule has 2 N–H and O–H groups in total. The minimum atomic E-state index is -0.163. The quantitative estimate of drug-likeness (QED) is 0.812. The maximum atomic E-state index is 9.54. The van der Waals surface area contributed by atoms with E-state index in [4.69, 9.17) is 6.57 Å². The molecule has 0 unspecified atom stereocenters. The summed E-state index contributed by atoms with van der Waals surface area (Å²) in [5, 5.41) is 17.2. The molecule has 2 heterocycles. The summed E-state index contributed by atoms with van der Waals surface area (Å²) in [4.78, 5) is 3.54. The number of hydrogen-bond donors (Lipinski definition) is 2. The van der Waals surface area contributed by atoms with Crippen LogP contribution in [0.15, 0.2) is 24.5 Å². The molecule has 19 heavy (non-hydrogen) atoms. The van der Waals surface area contributed by atoms with Crippen molar-refractivity contribution in [1.29, 1.82) is 0 Å². The van der Waals surface area contributed by atoms with Gasteiger partial charge in [-0.1, -0.05) is 0 Å². The van der Waals surface area contributed by atoms with E-state index in [0.717, 1.165) is 36.9 Å². The van der Waals surface area contributed by atoms with E-state index < -0.39 is 0 Å². The number of nitrogens with zero attached hydrogens (tertiary/aromatic N) is 3. The zero-order valence-corrected chi connectivity index (χ0v) is 10.6. The average Bonchev–Trinajstić information content (AvgIpc) is 2.90. The van der Waals surface area contributed by atoms with Crippen LogP contribution in [0.3, 0.4) is 0 Å². The van der Waals surface area contributed by atoms with Crippen LogP contribution in [-0.2, 0) is 0 Å². The highest BCUT2D eigenvalue weighted by Crippen LogP contribution is 2.32. The summed E-state index contributed by atoms with van der Waals surface area (Å²) in [5.74, 6) is 0. The van der Waals surface area contributed by atoms with Crippen LogP contribution in [-0.4, -0.2) is 26.9 Å². The van der Waals surface area contributed by atoms with E-state index in [2.05, 4.69) is 15.3 Å². The molecular formula is C14H16N4O. The lowest BCUT2D eigenvalue weighted by molar-refractivity contribution is 0.126. The molecule has 3 rings (SSSR count). The minimum Gasteiger partial charge on any atom is -0.393 e. The Morgan fingerprint density at radius 1 is 1.37 bits per heavy atom. The van der Waals surface area contributed by atoms with Crippen LogP contribution in [0.5, 0.6) is 0 Å². The molecule has 0 bridgehead atoms. The Labute approximate surface area is 111 Å². The average molecular weight is 256 g/mol. The van der Waals surface area contributed by atoms with E-state index in [1.54, 1.807) is 10.7 Å². The zero-order chi connectivity index (χ0) is 13.2. The summed E-state index contributed by atoms with van der Waals surface area (Å²) < 4.78 is 1.77. The van der Waals surface area contributed by atoms with Gasteiger partial charge >= 0.3 is 0 Å². The summed E-state index contributed by atoms with van der Waals surface area (Å²) in [6, 6.07) is 4.21. The van der Waals surface area contributed by atoms with Gasteiger partial charge in [0.25, 0.3) is 0 Å². The number of aliphatic hydroxyl groups is 1. The highest BCUT2D eigenvalue weighted by Gasteiger charge is 2.21. The van der Waals surface area contributed by atoms with Gasteiger partial charge in [-0.2, -0.15) is 5.10 Å². The molecule has 0 radical (unpaired) electrons. The van der Waals surface area contributed by atoms with Crippen LogP contribution < -0.4 is 5.32 Å². The second kappa shape index (κ2) is 4.90. The Hall–Kier alpha value is -2.06. The SMILES string of the molecule is [C-]#[N+]c1cnn2cccc2c1NC1CCC(O)CC1. The number of rotatable bonds is 2. The van der Waals surface area contributed by atoms with Gasteiger partial charge in [-0.05, 0) is 37.8 Å². The van der Waals surface area contributed by atoms with E-state index in [1.165, 1.54) is 0 Å². The van der Waals surface area contributed by atoms with Crippen molar-refractivity contribution in [2.24, 2.45) is 0 Å². The second-order valence-electron chi connectivity index (χ2n) is 5.00. The Balaban J connectivity index is 1.91. The molecule has 0 aliphatic heterocycles. The predicted molar refractivity (Wildman–Crippen MR) is 73.3 cm³/mol. The van der Waals surface area contributed by atoms with Crippen LogP contribution in [0.25, 0.3) is 10.4 Å². The monoisotopic (exact) mass is 256 g/mol. The molecule has 98 valence electrons. The minimum absolute atomic E-state index is 0.163. The first-order chi connectivity index (χ1) is 9.28. The molecule has 0 spiro atoms. The smallest absolute Gasteiger partial charge is 0.231 e. The maximum Gasteiger partial charge on any atom is 0.231 e. The molecule has 1 saturated carbocycles. The van der Waals surface area contributed by atoms with Crippen molar-refractivity contribution in [1.82, 2.24) is 9.61 Å². The first-order valence-corrected chi connectivity index (χ1v) is 6.56. The third-order valence-corrected chi connectivity index (χ3v) is 3.71. The summed E-state index contributed by atoms with van der Waals surface area (Å²) >= 11 is 0. The largest absolute Gasteiger partial charge is 0.393 e. The van der Waals surface area contributed by atoms with Gasteiger partial charge in [-0.3, -0.25) is 0 Å².